The van der Waals surface area contributed by atoms with E-state index in [2.05, 4.69) is 10.2 Å². The summed E-state index contributed by atoms with van der Waals surface area (Å²) in [6, 6.07) is 0. The van der Waals surface area contributed by atoms with Crippen LogP contribution in [0, 0.1) is 12.8 Å². The van der Waals surface area contributed by atoms with Gasteiger partial charge >= 0.3 is 12.1 Å². The smallest absolute Gasteiger partial charge is 0.414 e. The molecule has 1 aliphatic heterocycles. The number of hydrogen-bond donors (Lipinski definition) is 2. The third-order valence-electron chi connectivity index (χ3n) is 2.47. The van der Waals surface area contributed by atoms with Gasteiger partial charge in [-0.2, -0.15) is 5.10 Å². The van der Waals surface area contributed by atoms with Crippen LogP contribution in [0.4, 0.5) is 10.5 Å². The van der Waals surface area contributed by atoms with Gasteiger partial charge in [0.2, 0.25) is 0 Å². The van der Waals surface area contributed by atoms with E-state index in [4.69, 9.17) is 9.84 Å². The van der Waals surface area contributed by atoms with E-state index >= 15 is 0 Å². The van der Waals surface area contributed by atoms with Crippen molar-refractivity contribution in [3.05, 3.63) is 11.9 Å². The first-order chi connectivity index (χ1) is 7.59. The Morgan fingerprint density at radius 2 is 2.50 bits per heavy atom. The number of H-pyrrole nitrogens is 1. The van der Waals surface area contributed by atoms with Crippen molar-refractivity contribution < 1.29 is 19.4 Å². The molecule has 2 N–H and O–H groups in total. The maximum absolute atomic E-state index is 11.5. The topological polar surface area (TPSA) is 95.5 Å². The fourth-order valence-electron chi connectivity index (χ4n) is 1.56. The Labute approximate surface area is 91.0 Å². The van der Waals surface area contributed by atoms with E-state index in [0.29, 0.717) is 11.4 Å². The highest BCUT2D eigenvalue weighted by atomic mass is 16.6. The second-order valence-electron chi connectivity index (χ2n) is 3.60. The van der Waals surface area contributed by atoms with Crippen LogP contribution in [0.25, 0.3) is 0 Å². The van der Waals surface area contributed by atoms with Crippen LogP contribution in [-0.2, 0) is 9.53 Å². The van der Waals surface area contributed by atoms with Gasteiger partial charge in [-0.15, -0.1) is 0 Å². The van der Waals surface area contributed by atoms with Crippen LogP contribution in [0.15, 0.2) is 6.20 Å². The summed E-state index contributed by atoms with van der Waals surface area (Å²) in [5, 5.41) is 15.3. The summed E-state index contributed by atoms with van der Waals surface area (Å²) in [4.78, 5) is 23.6. The monoisotopic (exact) mass is 225 g/mol. The highest BCUT2D eigenvalue weighted by molar-refractivity contribution is 5.90. The number of cyclic esters (lactones) is 1. The van der Waals surface area contributed by atoms with Gasteiger partial charge in [0, 0.05) is 6.54 Å². The molecule has 86 valence electrons. The number of carbonyl (C=O) groups is 2. The van der Waals surface area contributed by atoms with Gasteiger partial charge in [-0.05, 0) is 6.92 Å². The van der Waals surface area contributed by atoms with Crippen molar-refractivity contribution in [2.24, 2.45) is 5.92 Å². The number of anilines is 1. The summed E-state index contributed by atoms with van der Waals surface area (Å²) in [6.07, 6.45) is 0.933. The molecule has 0 aromatic carbocycles. The predicted octanol–water partition coefficient (Wildman–Crippen LogP) is 0.376. The maximum atomic E-state index is 11.5. The van der Waals surface area contributed by atoms with Crippen molar-refractivity contribution in [1.29, 1.82) is 0 Å². The summed E-state index contributed by atoms with van der Waals surface area (Å²) in [5.41, 5.74) is 1.25. The van der Waals surface area contributed by atoms with Crippen molar-refractivity contribution in [3.63, 3.8) is 0 Å². The number of nitrogens with zero attached hydrogens (tertiary/aromatic N) is 2. The number of carbonyl (C=O) groups excluding carboxylic acids is 1. The average Bonchev–Trinajstić information content (AvgIpc) is 2.65. The van der Waals surface area contributed by atoms with Crippen LogP contribution in [0.5, 0.6) is 0 Å². The molecule has 0 radical (unpaired) electrons. The van der Waals surface area contributed by atoms with Gasteiger partial charge in [0.05, 0.1) is 17.6 Å². The van der Waals surface area contributed by atoms with E-state index in [1.54, 1.807) is 6.92 Å². The molecule has 7 nitrogen and oxygen atoms in total. The Hall–Kier alpha value is -2.05. The number of ether oxygens (including phenoxy) is 1. The standard InChI is InChI=1S/C9H11N3O4/c1-5-7(2-10-11-5)12-3-6(8(13)14)4-16-9(12)15/h2,6H,3-4H2,1H3,(H,10,11)(H,13,14). The lowest BCUT2D eigenvalue weighted by atomic mass is 10.1. The average molecular weight is 225 g/mol. The number of carboxylic acid groups (broad SMARTS) is 1. The molecule has 0 saturated carbocycles. The zero-order chi connectivity index (χ0) is 11.7. The molecule has 1 aliphatic rings. The van der Waals surface area contributed by atoms with Crippen molar-refractivity contribution in [3.8, 4) is 0 Å². The van der Waals surface area contributed by atoms with Crippen molar-refractivity contribution >= 4 is 17.7 Å². The van der Waals surface area contributed by atoms with Crippen LogP contribution in [0.1, 0.15) is 5.69 Å². The van der Waals surface area contributed by atoms with Crippen molar-refractivity contribution in [2.45, 2.75) is 6.92 Å². The molecule has 1 amide bonds. The SMILES string of the molecule is Cc1[nH]ncc1N1CC(C(=O)O)COC1=O. The van der Waals surface area contributed by atoms with Gasteiger partial charge in [-0.25, -0.2) is 4.79 Å². The highest BCUT2D eigenvalue weighted by Crippen LogP contribution is 2.22. The number of hydrogen-bond acceptors (Lipinski definition) is 4. The number of aromatic amines is 1. The molecule has 1 atom stereocenters. The fourth-order valence-corrected chi connectivity index (χ4v) is 1.56. The minimum atomic E-state index is -0.973. The lowest BCUT2D eigenvalue weighted by molar-refractivity contribution is -0.143. The van der Waals surface area contributed by atoms with Crippen LogP contribution in [0.3, 0.4) is 0 Å². The largest absolute Gasteiger partial charge is 0.481 e. The fraction of sp³-hybridized carbons (Fsp3) is 0.444. The Kier molecular flexibility index (Phi) is 2.51. The second-order valence-corrected chi connectivity index (χ2v) is 3.60. The molecule has 1 aromatic rings. The van der Waals surface area contributed by atoms with Gasteiger partial charge in [-0.3, -0.25) is 14.8 Å². The van der Waals surface area contributed by atoms with Crippen molar-refractivity contribution in [1.82, 2.24) is 10.2 Å². The summed E-state index contributed by atoms with van der Waals surface area (Å²) in [6.45, 7) is 1.77. The summed E-state index contributed by atoms with van der Waals surface area (Å²) in [7, 11) is 0. The summed E-state index contributed by atoms with van der Waals surface area (Å²) in [5.74, 6) is -1.68. The lowest BCUT2D eigenvalue weighted by Gasteiger charge is -2.29. The molecule has 16 heavy (non-hydrogen) atoms. The molecule has 0 bridgehead atoms. The van der Waals surface area contributed by atoms with Gasteiger partial charge in [0.25, 0.3) is 0 Å². The van der Waals surface area contributed by atoms with Gasteiger partial charge in [-0.1, -0.05) is 0 Å². The number of nitrogens with one attached hydrogen (secondary N) is 1. The highest BCUT2D eigenvalue weighted by Gasteiger charge is 2.33. The van der Waals surface area contributed by atoms with E-state index < -0.39 is 18.0 Å². The number of amides is 1. The molecular weight excluding hydrogens is 214 g/mol. The summed E-state index contributed by atoms with van der Waals surface area (Å²) < 4.78 is 4.81. The molecule has 2 rings (SSSR count). The Balaban J connectivity index is 2.22. The van der Waals surface area contributed by atoms with Gasteiger partial charge < -0.3 is 9.84 Å². The number of aliphatic carboxylic acids is 1. The molecule has 1 saturated heterocycles. The number of rotatable bonds is 2. The first kappa shape index (κ1) is 10.5. The van der Waals surface area contributed by atoms with Crippen LogP contribution < -0.4 is 4.90 Å². The van der Waals surface area contributed by atoms with E-state index in [1.807, 2.05) is 0 Å². The first-order valence-corrected chi connectivity index (χ1v) is 4.76. The van der Waals surface area contributed by atoms with E-state index in [0.717, 1.165) is 0 Å². The molecule has 0 aliphatic carbocycles. The molecule has 1 fully saturated rings. The zero-order valence-corrected chi connectivity index (χ0v) is 8.64. The number of aromatic nitrogens is 2. The van der Waals surface area contributed by atoms with E-state index in [-0.39, 0.29) is 13.2 Å². The molecule has 1 aromatic heterocycles. The predicted molar refractivity (Wildman–Crippen MR) is 53.1 cm³/mol. The zero-order valence-electron chi connectivity index (χ0n) is 8.64. The van der Waals surface area contributed by atoms with Crippen molar-refractivity contribution in [2.75, 3.05) is 18.1 Å². The minimum Gasteiger partial charge on any atom is -0.481 e. The molecular formula is C9H11N3O4. The van der Waals surface area contributed by atoms with E-state index in [1.165, 1.54) is 11.1 Å². The minimum absolute atomic E-state index is 0.0818. The molecule has 1 unspecified atom stereocenters. The van der Waals surface area contributed by atoms with Gasteiger partial charge in [0.15, 0.2) is 0 Å². The van der Waals surface area contributed by atoms with Crippen LogP contribution >= 0.6 is 0 Å². The van der Waals surface area contributed by atoms with Crippen LogP contribution in [0.2, 0.25) is 0 Å². The maximum Gasteiger partial charge on any atom is 0.414 e. The second kappa shape index (κ2) is 3.84. The lowest BCUT2D eigenvalue weighted by Crippen LogP contribution is -2.46. The first-order valence-electron chi connectivity index (χ1n) is 4.76. The normalized spacial score (nSPS) is 20.7. The molecule has 0 spiro atoms. The Morgan fingerprint density at radius 1 is 1.75 bits per heavy atom. The Morgan fingerprint density at radius 3 is 3.06 bits per heavy atom. The quantitative estimate of drug-likeness (QED) is 0.758. The molecule has 7 heteroatoms. The third-order valence-corrected chi connectivity index (χ3v) is 2.47. The molecule has 2 heterocycles. The third kappa shape index (κ3) is 1.71. The van der Waals surface area contributed by atoms with E-state index in [9.17, 15) is 9.59 Å². The van der Waals surface area contributed by atoms with Gasteiger partial charge in [0.1, 0.15) is 12.5 Å². The number of carboxylic acids is 1. The Bertz CT molecular complexity index is 428. The summed E-state index contributed by atoms with van der Waals surface area (Å²) >= 11 is 0. The van der Waals surface area contributed by atoms with Crippen LogP contribution in [-0.4, -0.2) is 40.5 Å². The number of aryl methyl sites for hydroxylation is 1.